The number of nitrogens with zero attached hydrogens (tertiary/aromatic N) is 4. The molecule has 0 bridgehead atoms. The monoisotopic (exact) mass is 442 g/mol. The summed E-state index contributed by atoms with van der Waals surface area (Å²) in [4.78, 5) is 25.9. The molecular weight excluding hydrogens is 417 g/mol. The second-order valence-electron chi connectivity index (χ2n) is 7.35. The summed E-state index contributed by atoms with van der Waals surface area (Å²) >= 11 is 0. The number of carboxylic acids is 1. The van der Waals surface area contributed by atoms with Gasteiger partial charge in [0.1, 0.15) is 5.75 Å². The molecule has 2 heterocycles. The van der Waals surface area contributed by atoms with Crippen molar-refractivity contribution in [3.05, 3.63) is 47.8 Å². The summed E-state index contributed by atoms with van der Waals surface area (Å²) in [6.07, 6.45) is -3.27. The van der Waals surface area contributed by atoms with Gasteiger partial charge in [0.15, 0.2) is 0 Å². The van der Waals surface area contributed by atoms with Crippen molar-refractivity contribution in [1.29, 1.82) is 0 Å². The van der Waals surface area contributed by atoms with Gasteiger partial charge in [-0.05, 0) is 44.4 Å². The van der Waals surface area contributed by atoms with Gasteiger partial charge in [-0.15, -0.1) is 0 Å². The lowest BCUT2D eigenvalue weighted by molar-refractivity contribution is -0.192. The first-order valence-electron chi connectivity index (χ1n) is 9.40. The van der Waals surface area contributed by atoms with E-state index in [0.717, 1.165) is 31.1 Å². The summed E-state index contributed by atoms with van der Waals surface area (Å²) in [5, 5.41) is 11.5. The van der Waals surface area contributed by atoms with Gasteiger partial charge < -0.3 is 19.6 Å². The van der Waals surface area contributed by atoms with Crippen molar-refractivity contribution in [2.24, 2.45) is 5.92 Å². The van der Waals surface area contributed by atoms with E-state index in [1.807, 2.05) is 46.1 Å². The van der Waals surface area contributed by atoms with E-state index in [9.17, 15) is 18.0 Å². The Morgan fingerprint density at radius 1 is 1.19 bits per heavy atom. The van der Waals surface area contributed by atoms with E-state index in [2.05, 4.69) is 24.1 Å². The van der Waals surface area contributed by atoms with Crippen LogP contribution in [0.15, 0.2) is 36.5 Å². The van der Waals surface area contributed by atoms with Crippen molar-refractivity contribution < 1.29 is 32.6 Å². The highest BCUT2D eigenvalue weighted by Gasteiger charge is 2.38. The third-order valence-corrected chi connectivity index (χ3v) is 4.56. The summed E-state index contributed by atoms with van der Waals surface area (Å²) in [5.74, 6) is -1.60. The number of ether oxygens (including phenoxy) is 1. The largest absolute Gasteiger partial charge is 0.497 e. The topological polar surface area (TPSA) is 87.9 Å². The maximum absolute atomic E-state index is 13.0. The first kappa shape index (κ1) is 24.2. The zero-order chi connectivity index (χ0) is 23.2. The highest BCUT2D eigenvalue weighted by atomic mass is 19.4. The Hall–Kier alpha value is -3.08. The number of alkyl halides is 3. The van der Waals surface area contributed by atoms with E-state index in [0.29, 0.717) is 18.0 Å². The fraction of sp³-hybridized carbons (Fsp3) is 0.450. The molecule has 31 heavy (non-hydrogen) atoms. The van der Waals surface area contributed by atoms with Crippen LogP contribution in [0.25, 0.3) is 0 Å². The van der Waals surface area contributed by atoms with Crippen LogP contribution < -0.4 is 4.74 Å². The van der Waals surface area contributed by atoms with E-state index in [4.69, 9.17) is 14.6 Å². The van der Waals surface area contributed by atoms with Crippen molar-refractivity contribution >= 4 is 11.9 Å². The average molecular weight is 442 g/mol. The van der Waals surface area contributed by atoms with E-state index in [1.54, 1.807) is 7.11 Å². The molecule has 0 saturated carbocycles. The minimum Gasteiger partial charge on any atom is -0.497 e. The van der Waals surface area contributed by atoms with Gasteiger partial charge in [-0.25, -0.2) is 4.79 Å². The Kier molecular flexibility index (Phi) is 8.03. The Bertz CT molecular complexity index is 881. The van der Waals surface area contributed by atoms with Crippen molar-refractivity contribution in [3.63, 3.8) is 0 Å². The lowest BCUT2D eigenvalue weighted by Gasteiger charge is -2.26. The molecule has 1 atom stereocenters. The molecule has 0 saturated heterocycles. The molecule has 0 aliphatic carbocycles. The molecule has 1 aliphatic rings. The van der Waals surface area contributed by atoms with E-state index in [1.165, 1.54) is 0 Å². The van der Waals surface area contributed by atoms with Crippen molar-refractivity contribution in [2.75, 3.05) is 34.3 Å². The molecular formula is C20H25F3N4O4. The number of amides is 1. The molecule has 2 aromatic rings. The van der Waals surface area contributed by atoms with Crippen LogP contribution in [0.5, 0.6) is 5.75 Å². The zero-order valence-electron chi connectivity index (χ0n) is 17.5. The number of carbonyl (C=O) groups is 2. The molecule has 3 rings (SSSR count). The third-order valence-electron chi connectivity index (χ3n) is 4.56. The SMILES string of the molecule is COc1ccc(C(=O)N2Cc3ccnn3CC(CN(C)C)C2)cc1.O=C(O)C(F)(F)F. The number of methoxy groups -OCH3 is 1. The molecule has 1 aliphatic heterocycles. The molecule has 1 unspecified atom stereocenters. The summed E-state index contributed by atoms with van der Waals surface area (Å²) < 4.78 is 38.9. The first-order valence-corrected chi connectivity index (χ1v) is 9.40. The number of aliphatic carboxylic acids is 1. The van der Waals surface area contributed by atoms with Gasteiger partial charge in [-0.1, -0.05) is 0 Å². The number of aromatic nitrogens is 2. The Labute approximate surface area is 177 Å². The fourth-order valence-electron chi connectivity index (χ4n) is 3.24. The second kappa shape index (κ2) is 10.3. The molecule has 8 nitrogen and oxygen atoms in total. The van der Waals surface area contributed by atoms with Crippen LogP contribution in [0.4, 0.5) is 13.2 Å². The number of carbonyl (C=O) groups excluding carboxylic acids is 1. The average Bonchev–Trinajstić information content (AvgIpc) is 3.05. The number of halogens is 3. The van der Waals surface area contributed by atoms with Crippen molar-refractivity contribution in [3.8, 4) is 5.75 Å². The van der Waals surface area contributed by atoms with E-state index >= 15 is 0 Å². The van der Waals surface area contributed by atoms with Gasteiger partial charge in [0.25, 0.3) is 5.91 Å². The lowest BCUT2D eigenvalue weighted by Crippen LogP contribution is -2.37. The van der Waals surface area contributed by atoms with Crippen LogP contribution in [-0.2, 0) is 17.9 Å². The molecule has 0 radical (unpaired) electrons. The van der Waals surface area contributed by atoms with Gasteiger partial charge in [0.05, 0.1) is 19.3 Å². The van der Waals surface area contributed by atoms with E-state index in [-0.39, 0.29) is 5.91 Å². The van der Waals surface area contributed by atoms with Crippen LogP contribution >= 0.6 is 0 Å². The van der Waals surface area contributed by atoms with Crippen LogP contribution in [0.3, 0.4) is 0 Å². The minimum absolute atomic E-state index is 0.0519. The normalized spacial score (nSPS) is 16.1. The first-order chi connectivity index (χ1) is 14.5. The van der Waals surface area contributed by atoms with Gasteiger partial charge in [0.2, 0.25) is 0 Å². The summed E-state index contributed by atoms with van der Waals surface area (Å²) in [6, 6.07) is 9.29. The number of carboxylic acid groups (broad SMARTS) is 1. The molecule has 0 spiro atoms. The van der Waals surface area contributed by atoms with Gasteiger partial charge in [-0.2, -0.15) is 18.3 Å². The number of rotatable bonds is 4. The number of hydrogen-bond acceptors (Lipinski definition) is 5. The zero-order valence-corrected chi connectivity index (χ0v) is 17.5. The Morgan fingerprint density at radius 2 is 1.81 bits per heavy atom. The van der Waals surface area contributed by atoms with Crippen LogP contribution in [0, 0.1) is 5.92 Å². The minimum atomic E-state index is -5.08. The molecule has 1 amide bonds. The number of benzene rings is 1. The molecule has 1 aromatic heterocycles. The summed E-state index contributed by atoms with van der Waals surface area (Å²) in [5.41, 5.74) is 1.77. The quantitative estimate of drug-likeness (QED) is 0.782. The number of hydrogen-bond donors (Lipinski definition) is 1. The van der Waals surface area contributed by atoms with Crippen LogP contribution in [0.1, 0.15) is 16.1 Å². The lowest BCUT2D eigenvalue weighted by atomic mass is 10.1. The van der Waals surface area contributed by atoms with Gasteiger partial charge in [-0.3, -0.25) is 9.48 Å². The predicted molar refractivity (Wildman–Crippen MR) is 106 cm³/mol. The maximum atomic E-state index is 13.0. The molecule has 170 valence electrons. The molecule has 0 fully saturated rings. The van der Waals surface area contributed by atoms with Gasteiger partial charge >= 0.3 is 12.1 Å². The summed E-state index contributed by atoms with van der Waals surface area (Å²) in [7, 11) is 5.74. The van der Waals surface area contributed by atoms with Crippen molar-refractivity contribution in [1.82, 2.24) is 19.6 Å². The van der Waals surface area contributed by atoms with E-state index < -0.39 is 12.1 Å². The molecule has 11 heteroatoms. The van der Waals surface area contributed by atoms with Crippen LogP contribution in [-0.4, -0.2) is 77.0 Å². The smallest absolute Gasteiger partial charge is 0.490 e. The molecule has 1 aromatic carbocycles. The van der Waals surface area contributed by atoms with Gasteiger partial charge in [0, 0.05) is 37.3 Å². The summed E-state index contributed by atoms with van der Waals surface area (Å²) in [6.45, 7) is 3.08. The fourth-order valence-corrected chi connectivity index (χ4v) is 3.24. The van der Waals surface area contributed by atoms with Crippen molar-refractivity contribution in [2.45, 2.75) is 19.3 Å². The molecule has 1 N–H and O–H groups in total. The van der Waals surface area contributed by atoms with Crippen LogP contribution in [0.2, 0.25) is 0 Å². The Balaban J connectivity index is 0.000000423. The highest BCUT2D eigenvalue weighted by Crippen LogP contribution is 2.20. The highest BCUT2D eigenvalue weighted by molar-refractivity contribution is 5.94. The maximum Gasteiger partial charge on any atom is 0.490 e. The standard InChI is InChI=1S/C18H24N4O2.C2HF3O2/c1-20(2)10-14-11-21(13-16-8-9-19-22(16)12-14)18(23)15-4-6-17(24-3)7-5-15;3-2(4,5)1(6)7/h4-9,14H,10-13H2,1-3H3;(H,6,7). The third kappa shape index (κ3) is 6.99. The second-order valence-corrected chi connectivity index (χ2v) is 7.35. The predicted octanol–water partition coefficient (Wildman–Crippen LogP) is 2.36. The number of fused-ring (bicyclic) bond motifs is 1. The Morgan fingerprint density at radius 3 is 2.32 bits per heavy atom.